The van der Waals surface area contributed by atoms with Crippen molar-refractivity contribution in [3.05, 3.63) is 41.7 Å². The fourth-order valence-corrected chi connectivity index (χ4v) is 4.05. The minimum atomic E-state index is -3.38. The number of carbonyl (C=O) groups is 1. The third-order valence-corrected chi connectivity index (χ3v) is 6.57. The van der Waals surface area contributed by atoms with E-state index in [9.17, 15) is 18.5 Å². The largest absolute Gasteiger partial charge is 0.344 e. The van der Waals surface area contributed by atoms with Crippen LogP contribution in [0.2, 0.25) is 0 Å². The van der Waals surface area contributed by atoms with Gasteiger partial charge in [0.2, 0.25) is 0 Å². The number of sulfone groups is 1. The van der Waals surface area contributed by atoms with Gasteiger partial charge in [0.05, 0.1) is 22.7 Å². The molecule has 0 saturated heterocycles. The summed E-state index contributed by atoms with van der Waals surface area (Å²) in [6.07, 6.45) is 9.84. The van der Waals surface area contributed by atoms with Gasteiger partial charge in [0.1, 0.15) is 5.54 Å². The molecule has 0 aliphatic heterocycles. The van der Waals surface area contributed by atoms with E-state index < -0.39 is 15.4 Å². The monoisotopic (exact) mass is 416 g/mol. The Morgan fingerprint density at radius 1 is 1.34 bits per heavy atom. The van der Waals surface area contributed by atoms with Gasteiger partial charge in [-0.25, -0.2) is 8.42 Å². The molecule has 0 spiro atoms. The lowest BCUT2D eigenvalue weighted by atomic mass is 10.0. The van der Waals surface area contributed by atoms with Crippen molar-refractivity contribution in [3.8, 4) is 6.07 Å². The number of H-pyrrole nitrogens is 1. The van der Waals surface area contributed by atoms with Crippen molar-refractivity contribution in [3.63, 3.8) is 0 Å². The SMILES string of the molecule is CCCCCCC(NC(=O)c1cccc(S(C)(=O)=O)c1)c1cn(C2(C#N)CC2)[nH]1. The molecule has 2 aromatic rings. The lowest BCUT2D eigenvalue weighted by Gasteiger charge is -2.26. The number of hydrogen-bond donors (Lipinski definition) is 2. The number of carbonyl (C=O) groups excluding carboxylic acids is 1. The van der Waals surface area contributed by atoms with Gasteiger partial charge in [0, 0.05) is 18.0 Å². The highest BCUT2D eigenvalue weighted by molar-refractivity contribution is 7.90. The summed E-state index contributed by atoms with van der Waals surface area (Å²) < 4.78 is 25.4. The molecule has 3 rings (SSSR count). The van der Waals surface area contributed by atoms with E-state index in [0.717, 1.165) is 56.9 Å². The summed E-state index contributed by atoms with van der Waals surface area (Å²) in [6, 6.07) is 8.21. The highest BCUT2D eigenvalue weighted by atomic mass is 32.2. The molecule has 156 valence electrons. The first-order chi connectivity index (χ1) is 13.8. The molecular formula is C21H28N4O3S. The number of nitriles is 1. The van der Waals surface area contributed by atoms with E-state index in [0.29, 0.717) is 5.56 Å². The van der Waals surface area contributed by atoms with Crippen LogP contribution >= 0.6 is 0 Å². The lowest BCUT2D eigenvalue weighted by molar-refractivity contribution is 0.0931. The minimum absolute atomic E-state index is 0.126. The fraction of sp³-hybridized carbons (Fsp3) is 0.524. The molecule has 1 heterocycles. The maximum Gasteiger partial charge on any atom is 0.251 e. The molecule has 1 aliphatic rings. The highest BCUT2D eigenvalue weighted by Gasteiger charge is 2.46. The summed E-state index contributed by atoms with van der Waals surface area (Å²) in [4.78, 5) is 12.9. The third-order valence-electron chi connectivity index (χ3n) is 5.46. The summed E-state index contributed by atoms with van der Waals surface area (Å²) >= 11 is 0. The Balaban J connectivity index is 1.73. The number of nitrogens with zero attached hydrogens (tertiary/aromatic N) is 2. The van der Waals surface area contributed by atoms with Crippen LogP contribution in [0.5, 0.6) is 0 Å². The van der Waals surface area contributed by atoms with E-state index in [1.54, 1.807) is 12.1 Å². The zero-order valence-corrected chi connectivity index (χ0v) is 17.8. The molecule has 1 amide bonds. The quantitative estimate of drug-likeness (QED) is 0.576. The summed E-state index contributed by atoms with van der Waals surface area (Å²) in [6.45, 7) is 2.15. The van der Waals surface area contributed by atoms with Crippen molar-refractivity contribution in [2.45, 2.75) is 68.3 Å². The number of benzene rings is 1. The molecule has 1 atom stereocenters. The second-order valence-electron chi connectivity index (χ2n) is 7.89. The molecular weight excluding hydrogens is 388 g/mol. The Bertz CT molecular complexity index is 997. The van der Waals surface area contributed by atoms with Crippen molar-refractivity contribution in [2.24, 2.45) is 0 Å². The molecule has 1 saturated carbocycles. The number of nitrogens with one attached hydrogen (secondary N) is 2. The first-order valence-corrected chi connectivity index (χ1v) is 12.0. The van der Waals surface area contributed by atoms with Gasteiger partial charge in [-0.05, 0) is 37.5 Å². The Morgan fingerprint density at radius 3 is 2.66 bits per heavy atom. The van der Waals surface area contributed by atoms with Gasteiger partial charge in [0.25, 0.3) is 5.91 Å². The molecule has 1 fully saturated rings. The molecule has 0 bridgehead atoms. The smallest absolute Gasteiger partial charge is 0.251 e. The normalized spacial score (nSPS) is 16.2. The molecule has 1 aromatic carbocycles. The van der Waals surface area contributed by atoms with Crippen LogP contribution in [-0.2, 0) is 15.4 Å². The molecule has 1 unspecified atom stereocenters. The molecule has 7 nitrogen and oxygen atoms in total. The van der Waals surface area contributed by atoms with Crippen LogP contribution < -0.4 is 5.32 Å². The summed E-state index contributed by atoms with van der Waals surface area (Å²) in [5.74, 6) is -0.307. The third kappa shape index (κ3) is 4.91. The van der Waals surface area contributed by atoms with E-state index in [1.165, 1.54) is 12.1 Å². The fourth-order valence-electron chi connectivity index (χ4n) is 3.39. The second-order valence-corrected chi connectivity index (χ2v) is 9.90. The zero-order chi connectivity index (χ0) is 21.1. The van der Waals surface area contributed by atoms with Gasteiger partial charge >= 0.3 is 0 Å². The summed E-state index contributed by atoms with van der Waals surface area (Å²) in [5.41, 5.74) is 0.763. The predicted octanol–water partition coefficient (Wildman–Crippen LogP) is 3.67. The van der Waals surface area contributed by atoms with Gasteiger partial charge in [-0.3, -0.25) is 14.6 Å². The summed E-state index contributed by atoms with van der Waals surface area (Å²) in [7, 11) is -3.38. The zero-order valence-electron chi connectivity index (χ0n) is 16.9. The number of rotatable bonds is 10. The van der Waals surface area contributed by atoms with Crippen molar-refractivity contribution in [1.29, 1.82) is 5.26 Å². The van der Waals surface area contributed by atoms with E-state index in [2.05, 4.69) is 23.4 Å². The maximum atomic E-state index is 12.8. The molecule has 1 aliphatic carbocycles. The van der Waals surface area contributed by atoms with Crippen LogP contribution in [0.4, 0.5) is 0 Å². The Hall–Kier alpha value is -2.53. The van der Waals surface area contributed by atoms with E-state index >= 15 is 0 Å². The standard InChI is InChI=1S/C21H28N4O3S/c1-3-4-5-6-10-18(19-14-25(24-19)21(15-22)11-12-21)23-20(26)16-8-7-9-17(13-16)29(2,27)28/h7-9,13-14,18,24H,3-6,10-12H2,1-2H3,(H,23,26). The van der Waals surface area contributed by atoms with Crippen molar-refractivity contribution >= 4 is 15.7 Å². The van der Waals surface area contributed by atoms with Crippen LogP contribution in [0, 0.1) is 11.3 Å². The number of aromatic amines is 1. The van der Waals surface area contributed by atoms with Gasteiger partial charge in [-0.1, -0.05) is 38.7 Å². The van der Waals surface area contributed by atoms with E-state index in [1.807, 2.05) is 10.9 Å². The Morgan fingerprint density at radius 2 is 2.07 bits per heavy atom. The van der Waals surface area contributed by atoms with Crippen LogP contribution in [0.15, 0.2) is 35.4 Å². The second kappa shape index (κ2) is 8.46. The molecule has 0 radical (unpaired) electrons. The number of aromatic nitrogens is 2. The van der Waals surface area contributed by atoms with E-state index in [-0.39, 0.29) is 16.8 Å². The van der Waals surface area contributed by atoms with Crippen molar-refractivity contribution in [1.82, 2.24) is 15.1 Å². The number of amides is 1. The molecule has 29 heavy (non-hydrogen) atoms. The molecule has 1 aromatic heterocycles. The molecule has 8 heteroatoms. The summed E-state index contributed by atoms with van der Waals surface area (Å²) in [5, 5.41) is 15.6. The first-order valence-electron chi connectivity index (χ1n) is 10.1. The average Bonchev–Trinajstić information content (AvgIpc) is 3.44. The Labute approximate surface area is 172 Å². The van der Waals surface area contributed by atoms with Gasteiger partial charge in [-0.2, -0.15) is 5.26 Å². The van der Waals surface area contributed by atoms with Crippen LogP contribution in [0.3, 0.4) is 0 Å². The molecule has 2 N–H and O–H groups in total. The van der Waals surface area contributed by atoms with Crippen LogP contribution in [-0.4, -0.2) is 30.4 Å². The lowest BCUT2D eigenvalue weighted by Crippen LogP contribution is -2.34. The first kappa shape index (κ1) is 21.2. The average molecular weight is 417 g/mol. The maximum absolute atomic E-state index is 12.8. The van der Waals surface area contributed by atoms with Gasteiger partial charge in [0.15, 0.2) is 9.84 Å². The van der Waals surface area contributed by atoms with Gasteiger partial charge in [-0.15, -0.1) is 0 Å². The number of unbranched alkanes of at least 4 members (excludes halogenated alkanes) is 3. The van der Waals surface area contributed by atoms with Crippen molar-refractivity contribution in [2.75, 3.05) is 6.26 Å². The number of hydrogen-bond acceptors (Lipinski definition) is 4. The predicted molar refractivity (Wildman–Crippen MR) is 110 cm³/mol. The van der Waals surface area contributed by atoms with E-state index in [4.69, 9.17) is 0 Å². The minimum Gasteiger partial charge on any atom is -0.344 e. The van der Waals surface area contributed by atoms with Crippen LogP contribution in [0.25, 0.3) is 0 Å². The van der Waals surface area contributed by atoms with Gasteiger partial charge < -0.3 is 5.32 Å². The van der Waals surface area contributed by atoms with Crippen LogP contribution in [0.1, 0.15) is 74.0 Å². The topological polar surface area (TPSA) is 108 Å². The Kier molecular flexibility index (Phi) is 6.18. The van der Waals surface area contributed by atoms with Crippen molar-refractivity contribution < 1.29 is 13.2 Å². The highest BCUT2D eigenvalue weighted by Crippen LogP contribution is 2.43.